The van der Waals surface area contributed by atoms with E-state index in [1.165, 1.54) is 12.3 Å². The van der Waals surface area contributed by atoms with Crippen LogP contribution in [-0.2, 0) is 6.54 Å². The minimum absolute atomic E-state index is 0.141. The van der Waals surface area contributed by atoms with Gasteiger partial charge in [-0.05, 0) is 17.7 Å². The van der Waals surface area contributed by atoms with Crippen LogP contribution in [0.5, 0.6) is 0 Å². The molecule has 0 amide bonds. The first-order chi connectivity index (χ1) is 9.60. The van der Waals surface area contributed by atoms with E-state index < -0.39 is 4.92 Å². The van der Waals surface area contributed by atoms with Crippen molar-refractivity contribution in [2.45, 2.75) is 6.54 Å². The lowest BCUT2D eigenvalue weighted by molar-refractivity contribution is -0.384. The van der Waals surface area contributed by atoms with Gasteiger partial charge in [0.25, 0.3) is 0 Å². The van der Waals surface area contributed by atoms with Gasteiger partial charge in [0.05, 0.1) is 21.6 Å². The van der Waals surface area contributed by atoms with Crippen molar-refractivity contribution in [3.63, 3.8) is 0 Å². The van der Waals surface area contributed by atoms with Gasteiger partial charge in [0.2, 0.25) is 5.82 Å². The van der Waals surface area contributed by atoms with E-state index in [9.17, 15) is 10.1 Å². The number of hydrogen-bond donors (Lipinski definition) is 1. The fourth-order valence-corrected chi connectivity index (χ4v) is 1.79. The third-order valence-electron chi connectivity index (χ3n) is 2.55. The summed E-state index contributed by atoms with van der Waals surface area (Å²) in [6.07, 6.45) is 1.34. The average Bonchev–Trinajstić information content (AvgIpc) is 2.46. The van der Waals surface area contributed by atoms with E-state index in [0.29, 0.717) is 12.1 Å². The van der Waals surface area contributed by atoms with E-state index in [-0.39, 0.29) is 16.5 Å². The summed E-state index contributed by atoms with van der Waals surface area (Å²) in [5.41, 5.74) is 1.17. The minimum atomic E-state index is -0.549. The number of nitrogens with zero attached hydrogens (tertiary/aromatic N) is 3. The summed E-state index contributed by atoms with van der Waals surface area (Å²) in [5.74, 6) is 0.141. The van der Waals surface area contributed by atoms with Gasteiger partial charge in [0, 0.05) is 18.8 Å². The standard InChI is InChI=1S/C13H9ClN4O2/c14-11-5-12(18(19)20)13(17-8-11)16-7-10-3-1-2-9(4-10)6-15/h1-5,8H,7H2,(H,16,17). The summed E-state index contributed by atoms with van der Waals surface area (Å²) in [7, 11) is 0. The maximum atomic E-state index is 10.9. The summed E-state index contributed by atoms with van der Waals surface area (Å²) in [6, 6.07) is 10.2. The molecule has 0 radical (unpaired) electrons. The summed E-state index contributed by atoms with van der Waals surface area (Å²) in [5, 5.41) is 22.8. The number of nitro groups is 1. The van der Waals surface area contributed by atoms with Crippen LogP contribution >= 0.6 is 11.6 Å². The fourth-order valence-electron chi connectivity index (χ4n) is 1.64. The van der Waals surface area contributed by atoms with Crippen molar-refractivity contribution >= 4 is 23.1 Å². The van der Waals surface area contributed by atoms with Crippen molar-refractivity contribution in [1.82, 2.24) is 4.98 Å². The van der Waals surface area contributed by atoms with Crippen molar-refractivity contribution in [1.29, 1.82) is 5.26 Å². The first-order valence-corrected chi connectivity index (χ1v) is 6.01. The monoisotopic (exact) mass is 288 g/mol. The molecular formula is C13H9ClN4O2. The molecule has 0 bridgehead atoms. The summed E-state index contributed by atoms with van der Waals surface area (Å²) in [6.45, 7) is 0.324. The number of rotatable bonds is 4. The molecule has 0 atom stereocenters. The van der Waals surface area contributed by atoms with Crippen LogP contribution in [0.15, 0.2) is 36.5 Å². The Kier molecular flexibility index (Phi) is 4.13. The van der Waals surface area contributed by atoms with Crippen molar-refractivity contribution in [3.05, 3.63) is 62.8 Å². The lowest BCUT2D eigenvalue weighted by Gasteiger charge is -2.06. The topological polar surface area (TPSA) is 91.8 Å². The molecule has 100 valence electrons. The quantitative estimate of drug-likeness (QED) is 0.689. The Morgan fingerprint density at radius 3 is 2.95 bits per heavy atom. The Bertz CT molecular complexity index is 697. The van der Waals surface area contributed by atoms with E-state index in [1.807, 2.05) is 12.1 Å². The summed E-state index contributed by atoms with van der Waals surface area (Å²) >= 11 is 5.69. The zero-order valence-electron chi connectivity index (χ0n) is 10.2. The molecule has 0 unspecified atom stereocenters. The molecule has 0 spiro atoms. The van der Waals surface area contributed by atoms with Crippen molar-refractivity contribution < 1.29 is 4.92 Å². The highest BCUT2D eigenvalue weighted by Crippen LogP contribution is 2.25. The van der Waals surface area contributed by atoms with Crippen LogP contribution in [0.25, 0.3) is 0 Å². The predicted octanol–water partition coefficient (Wildman–Crippen LogP) is 3.13. The molecule has 20 heavy (non-hydrogen) atoms. The lowest BCUT2D eigenvalue weighted by Crippen LogP contribution is -2.04. The van der Waals surface area contributed by atoms with E-state index in [1.54, 1.807) is 18.2 Å². The van der Waals surface area contributed by atoms with E-state index in [2.05, 4.69) is 10.3 Å². The van der Waals surface area contributed by atoms with Crippen molar-refractivity contribution in [2.75, 3.05) is 5.32 Å². The van der Waals surface area contributed by atoms with Gasteiger partial charge in [-0.3, -0.25) is 10.1 Å². The highest BCUT2D eigenvalue weighted by Gasteiger charge is 2.15. The average molecular weight is 289 g/mol. The number of anilines is 1. The number of benzene rings is 1. The zero-order chi connectivity index (χ0) is 14.5. The SMILES string of the molecule is N#Cc1cccc(CNc2ncc(Cl)cc2[N+](=O)[O-])c1. The van der Waals surface area contributed by atoms with Gasteiger partial charge in [-0.25, -0.2) is 4.98 Å². The maximum absolute atomic E-state index is 10.9. The van der Waals surface area contributed by atoms with Gasteiger partial charge in [-0.1, -0.05) is 23.7 Å². The first-order valence-electron chi connectivity index (χ1n) is 5.63. The van der Waals surface area contributed by atoms with Gasteiger partial charge in [0.1, 0.15) is 0 Å². The van der Waals surface area contributed by atoms with Gasteiger partial charge < -0.3 is 5.32 Å². The van der Waals surface area contributed by atoms with Crippen LogP contribution in [0.1, 0.15) is 11.1 Å². The number of halogens is 1. The molecule has 1 N–H and O–H groups in total. The third-order valence-corrected chi connectivity index (χ3v) is 2.75. The summed E-state index contributed by atoms with van der Waals surface area (Å²) in [4.78, 5) is 14.3. The van der Waals surface area contributed by atoms with Crippen LogP contribution in [-0.4, -0.2) is 9.91 Å². The van der Waals surface area contributed by atoms with Gasteiger partial charge in [0.15, 0.2) is 0 Å². The van der Waals surface area contributed by atoms with Gasteiger partial charge in [-0.2, -0.15) is 5.26 Å². The second-order valence-electron chi connectivity index (χ2n) is 3.94. The fraction of sp³-hybridized carbons (Fsp3) is 0.0769. The molecular weight excluding hydrogens is 280 g/mol. The Morgan fingerprint density at radius 2 is 2.25 bits per heavy atom. The third kappa shape index (κ3) is 3.22. The molecule has 0 aliphatic carbocycles. The van der Waals surface area contributed by atoms with Crippen molar-refractivity contribution in [3.8, 4) is 6.07 Å². The molecule has 2 aromatic rings. The zero-order valence-corrected chi connectivity index (χ0v) is 11.0. The number of hydrogen-bond acceptors (Lipinski definition) is 5. The van der Waals surface area contributed by atoms with Crippen LogP contribution in [0, 0.1) is 21.4 Å². The molecule has 0 saturated carbocycles. The predicted molar refractivity (Wildman–Crippen MR) is 74.4 cm³/mol. The van der Waals surface area contributed by atoms with E-state index >= 15 is 0 Å². The molecule has 2 rings (SSSR count). The summed E-state index contributed by atoms with van der Waals surface area (Å²) < 4.78 is 0. The van der Waals surface area contributed by atoms with Crippen LogP contribution in [0.4, 0.5) is 11.5 Å². The van der Waals surface area contributed by atoms with E-state index in [4.69, 9.17) is 16.9 Å². The highest BCUT2D eigenvalue weighted by molar-refractivity contribution is 6.30. The maximum Gasteiger partial charge on any atom is 0.312 e. The largest absolute Gasteiger partial charge is 0.360 e. The second kappa shape index (κ2) is 5.99. The normalized spacial score (nSPS) is 9.80. The smallest absolute Gasteiger partial charge is 0.312 e. The van der Waals surface area contributed by atoms with E-state index in [0.717, 1.165) is 5.56 Å². The Labute approximate surface area is 119 Å². The number of pyridine rings is 1. The Hall–Kier alpha value is -2.65. The molecule has 0 saturated heterocycles. The van der Waals surface area contributed by atoms with Crippen LogP contribution < -0.4 is 5.32 Å². The van der Waals surface area contributed by atoms with Crippen LogP contribution in [0.3, 0.4) is 0 Å². The number of nitriles is 1. The molecule has 0 fully saturated rings. The molecule has 1 aromatic carbocycles. The van der Waals surface area contributed by atoms with Gasteiger partial charge >= 0.3 is 5.69 Å². The first kappa shape index (κ1) is 13.8. The Balaban J connectivity index is 2.19. The molecule has 0 aliphatic heterocycles. The molecule has 6 nitrogen and oxygen atoms in total. The molecule has 7 heteroatoms. The highest BCUT2D eigenvalue weighted by atomic mass is 35.5. The van der Waals surface area contributed by atoms with Gasteiger partial charge in [-0.15, -0.1) is 0 Å². The Morgan fingerprint density at radius 1 is 1.45 bits per heavy atom. The lowest BCUT2D eigenvalue weighted by atomic mass is 10.1. The number of nitrogens with one attached hydrogen (secondary N) is 1. The molecule has 1 heterocycles. The molecule has 0 aliphatic rings. The minimum Gasteiger partial charge on any atom is -0.360 e. The van der Waals surface area contributed by atoms with Crippen LogP contribution in [0.2, 0.25) is 5.02 Å². The van der Waals surface area contributed by atoms with Crippen molar-refractivity contribution in [2.24, 2.45) is 0 Å². The second-order valence-corrected chi connectivity index (χ2v) is 4.38. The molecule has 1 aromatic heterocycles. The number of aromatic nitrogens is 1.